The molecule has 0 nitrogen and oxygen atoms in total. The Morgan fingerprint density at radius 3 is 1.62 bits per heavy atom. The van der Waals surface area contributed by atoms with Gasteiger partial charge in [0.2, 0.25) is 0 Å². The van der Waals surface area contributed by atoms with E-state index in [0.717, 1.165) is 6.42 Å². The van der Waals surface area contributed by atoms with E-state index in [1.54, 1.807) is 0 Å². The first-order chi connectivity index (χ1) is 3.91. The quantitative estimate of drug-likeness (QED) is 0.524. The molecule has 0 N–H and O–H groups in total. The van der Waals surface area contributed by atoms with Crippen LogP contribution in [-0.4, -0.2) is 0 Å². The molecular weight excluding hydrogens is 185 g/mol. The summed E-state index contributed by atoms with van der Waals surface area (Å²) in [7, 11) is 0. The third-order valence-electron chi connectivity index (χ3n) is 0.655. The molecule has 0 saturated heterocycles. The van der Waals surface area contributed by atoms with Gasteiger partial charge in [-0.1, -0.05) is 24.3 Å². The third kappa shape index (κ3) is 6.10. The molecule has 0 amide bonds. The summed E-state index contributed by atoms with van der Waals surface area (Å²) in [6, 6.07) is 0. The Bertz CT molecular complexity index is 72.4. The van der Waals surface area contributed by atoms with Crippen LogP contribution in [-0.2, 0) is 17.1 Å². The summed E-state index contributed by atoms with van der Waals surface area (Å²) >= 11 is 0.710. The van der Waals surface area contributed by atoms with Crippen molar-refractivity contribution in [2.45, 2.75) is 17.5 Å². The molecule has 0 radical (unpaired) electrons. The molecule has 0 fully saturated rings. The van der Waals surface area contributed by atoms with Crippen LogP contribution < -0.4 is 0 Å². The molecule has 0 heterocycles. The monoisotopic (exact) mass is 198 g/mol. The van der Waals surface area contributed by atoms with E-state index in [1.807, 2.05) is 0 Å². The Hall–Kier alpha value is 0.103. The van der Waals surface area contributed by atoms with E-state index in [9.17, 15) is 0 Å². The van der Waals surface area contributed by atoms with Crippen LogP contribution >= 0.6 is 0 Å². The second-order valence-electron chi connectivity index (χ2n) is 1.45. The second-order valence-corrected chi connectivity index (χ2v) is 3.18. The van der Waals surface area contributed by atoms with Crippen LogP contribution in [0.3, 0.4) is 0 Å². The molecule has 0 spiro atoms. The minimum atomic E-state index is 0.710. The molecule has 0 unspecified atom stereocenters. The van der Waals surface area contributed by atoms with E-state index in [1.165, 1.54) is 0 Å². The summed E-state index contributed by atoms with van der Waals surface area (Å²) in [4.78, 5) is 0. The second kappa shape index (κ2) is 7.10. The molecule has 48 valence electrons. The minimum absolute atomic E-state index is 0.710. The average molecular weight is 197 g/mol. The summed E-state index contributed by atoms with van der Waals surface area (Å²) in [6.45, 7) is 0. The van der Waals surface area contributed by atoms with Crippen molar-refractivity contribution in [2.24, 2.45) is 0 Å². The fraction of sp³-hybridized carbons (Fsp3) is 0.429. The van der Waals surface area contributed by atoms with Crippen LogP contribution in [0.2, 0.25) is 11.0 Å². The van der Waals surface area contributed by atoms with Crippen LogP contribution in [0, 0.1) is 0 Å². The molecular formula is C7H12Ru. The first-order valence-corrected chi connectivity index (χ1v) is 6.00. The van der Waals surface area contributed by atoms with Gasteiger partial charge in [0.15, 0.2) is 0 Å². The number of hydrogen-bond acceptors (Lipinski definition) is 0. The Morgan fingerprint density at radius 1 is 1.12 bits per heavy atom. The number of rotatable bonds is 0. The summed E-state index contributed by atoms with van der Waals surface area (Å²) in [5.74, 6) is 0. The first-order valence-electron chi connectivity index (χ1n) is 2.52. The molecule has 0 aromatic carbocycles. The average Bonchev–Trinajstić information content (AvgIpc) is 2.17. The Labute approximate surface area is 59.3 Å². The van der Waals surface area contributed by atoms with Gasteiger partial charge in [-0.05, 0) is 6.42 Å². The van der Waals surface area contributed by atoms with Crippen molar-refractivity contribution in [3.8, 4) is 0 Å². The van der Waals surface area contributed by atoms with E-state index >= 15 is 0 Å². The molecule has 1 rings (SSSR count). The van der Waals surface area contributed by atoms with Gasteiger partial charge in [-0.25, -0.2) is 0 Å². The van der Waals surface area contributed by atoms with Crippen molar-refractivity contribution >= 4 is 0 Å². The summed E-state index contributed by atoms with van der Waals surface area (Å²) in [6.07, 6.45) is 9.50. The van der Waals surface area contributed by atoms with Crippen molar-refractivity contribution in [1.82, 2.24) is 0 Å². The maximum atomic E-state index is 2.22. The van der Waals surface area contributed by atoms with Crippen LogP contribution in [0.15, 0.2) is 24.3 Å². The SMILES string of the molecule is C1=CCC=C1.[CH3][Ru][CH3]. The predicted octanol–water partition coefficient (Wildman–Crippen LogP) is 2.67. The van der Waals surface area contributed by atoms with Gasteiger partial charge >= 0.3 is 28.2 Å². The first kappa shape index (κ1) is 8.10. The van der Waals surface area contributed by atoms with Crippen molar-refractivity contribution in [3.63, 3.8) is 0 Å². The van der Waals surface area contributed by atoms with Crippen molar-refractivity contribution in [2.75, 3.05) is 0 Å². The van der Waals surface area contributed by atoms with Gasteiger partial charge in [0.1, 0.15) is 0 Å². The normalized spacial score (nSPS) is 13.8. The predicted molar refractivity (Wildman–Crippen MR) is 34.6 cm³/mol. The van der Waals surface area contributed by atoms with Crippen molar-refractivity contribution in [1.29, 1.82) is 0 Å². The van der Waals surface area contributed by atoms with Crippen molar-refractivity contribution < 1.29 is 17.1 Å². The zero-order valence-electron chi connectivity index (χ0n) is 5.37. The van der Waals surface area contributed by atoms with E-state index in [0.29, 0.717) is 17.1 Å². The maximum absolute atomic E-state index is 2.22. The van der Waals surface area contributed by atoms with Gasteiger partial charge in [0.25, 0.3) is 0 Å². The van der Waals surface area contributed by atoms with Crippen LogP contribution in [0.1, 0.15) is 6.42 Å². The fourth-order valence-electron chi connectivity index (χ4n) is 0.393. The van der Waals surface area contributed by atoms with Crippen LogP contribution in [0.4, 0.5) is 0 Å². The van der Waals surface area contributed by atoms with E-state index < -0.39 is 0 Å². The van der Waals surface area contributed by atoms with Gasteiger partial charge in [-0.3, -0.25) is 0 Å². The topological polar surface area (TPSA) is 0 Å². The van der Waals surface area contributed by atoms with Gasteiger partial charge in [-0.15, -0.1) is 0 Å². The fourth-order valence-corrected chi connectivity index (χ4v) is 0.393. The van der Waals surface area contributed by atoms with Gasteiger partial charge in [-0.2, -0.15) is 0 Å². The Morgan fingerprint density at radius 2 is 1.50 bits per heavy atom. The molecule has 8 heavy (non-hydrogen) atoms. The number of allylic oxidation sites excluding steroid dienone is 4. The number of hydrogen-bond donors (Lipinski definition) is 0. The van der Waals surface area contributed by atoms with Gasteiger partial charge in [0, 0.05) is 0 Å². The van der Waals surface area contributed by atoms with Crippen LogP contribution in [0.5, 0.6) is 0 Å². The Balaban J connectivity index is 0.000000145. The van der Waals surface area contributed by atoms with Crippen LogP contribution in [0.25, 0.3) is 0 Å². The standard InChI is InChI=1S/C5H6.2CH3.Ru/c1-2-4-5-3-1;;;/h1-4H,5H2;2*1H3;. The van der Waals surface area contributed by atoms with Gasteiger partial charge < -0.3 is 0 Å². The Kier molecular flexibility index (Phi) is 7.20. The summed E-state index contributed by atoms with van der Waals surface area (Å²) in [5.41, 5.74) is 4.43. The summed E-state index contributed by atoms with van der Waals surface area (Å²) in [5, 5.41) is 0. The molecule has 1 heteroatoms. The molecule has 1 aliphatic carbocycles. The van der Waals surface area contributed by atoms with E-state index in [-0.39, 0.29) is 0 Å². The molecule has 0 bridgehead atoms. The summed E-state index contributed by atoms with van der Waals surface area (Å²) < 4.78 is 0. The molecule has 0 aromatic rings. The van der Waals surface area contributed by atoms with Crippen molar-refractivity contribution in [3.05, 3.63) is 24.3 Å². The zero-order chi connectivity index (χ0) is 6.24. The van der Waals surface area contributed by atoms with E-state index in [2.05, 4.69) is 35.3 Å². The van der Waals surface area contributed by atoms with Gasteiger partial charge in [0.05, 0.1) is 0 Å². The molecule has 1 aliphatic rings. The molecule has 0 aliphatic heterocycles. The van der Waals surface area contributed by atoms with E-state index in [4.69, 9.17) is 0 Å². The molecule has 0 saturated carbocycles. The molecule has 0 atom stereocenters. The zero-order valence-corrected chi connectivity index (χ0v) is 7.11. The third-order valence-corrected chi connectivity index (χ3v) is 0.655. The molecule has 0 aromatic heterocycles.